The third-order valence-electron chi connectivity index (χ3n) is 8.92. The number of benzene rings is 2. The Hall–Kier alpha value is -6.46. The van der Waals surface area contributed by atoms with Gasteiger partial charge in [-0.1, -0.05) is 17.3 Å². The van der Waals surface area contributed by atoms with Crippen LogP contribution in [0, 0.1) is 0 Å². The molecule has 4 aliphatic heterocycles. The minimum Gasteiger partial charge on any atom is -0.443 e. The summed E-state index contributed by atoms with van der Waals surface area (Å²) in [4.78, 5) is 102. The van der Waals surface area contributed by atoms with Crippen LogP contribution in [0.1, 0.15) is 63.2 Å². The standard InChI is InChI=1S/C32H29N9O9/c42-25-9-7-23(28(45)35-25)40-12-19-17(30(40)47)3-1-5-21(19)33-27(44)14-39-11-16(37-38-39)15-50-32(49)34-22-6-2-4-18-20(22)13-41(31(18)48)24-8-10-26(43)36-29(24)46/h1-6,11,23-24H,7-10,12-15H2,(H,33,44)(H,34,49)(H,35,42,45)(H,36,43,46). The highest BCUT2D eigenvalue weighted by atomic mass is 16.5. The van der Waals surface area contributed by atoms with Crippen LogP contribution in [-0.4, -0.2) is 84.3 Å². The number of carbonyl (C=O) groups is 8. The van der Waals surface area contributed by atoms with E-state index >= 15 is 0 Å². The van der Waals surface area contributed by atoms with Crippen molar-refractivity contribution in [3.63, 3.8) is 0 Å². The van der Waals surface area contributed by atoms with Gasteiger partial charge >= 0.3 is 6.09 Å². The summed E-state index contributed by atoms with van der Waals surface area (Å²) >= 11 is 0. The zero-order valence-corrected chi connectivity index (χ0v) is 26.3. The van der Waals surface area contributed by atoms with E-state index in [4.69, 9.17) is 4.74 Å². The summed E-state index contributed by atoms with van der Waals surface area (Å²) in [5, 5.41) is 17.8. The van der Waals surface area contributed by atoms with E-state index in [2.05, 4.69) is 31.6 Å². The van der Waals surface area contributed by atoms with Gasteiger partial charge in [-0.25, -0.2) is 9.48 Å². The first-order valence-electron chi connectivity index (χ1n) is 15.7. The molecule has 4 aliphatic rings. The lowest BCUT2D eigenvalue weighted by atomic mass is 10.0. The van der Waals surface area contributed by atoms with Crippen LogP contribution in [0.4, 0.5) is 16.2 Å². The monoisotopic (exact) mass is 683 g/mol. The third kappa shape index (κ3) is 6.13. The Morgan fingerprint density at radius 1 is 0.780 bits per heavy atom. The number of rotatable bonds is 8. The van der Waals surface area contributed by atoms with Crippen molar-refractivity contribution in [2.24, 2.45) is 0 Å². The molecule has 3 aromatic rings. The summed E-state index contributed by atoms with van der Waals surface area (Å²) in [7, 11) is 0. The summed E-state index contributed by atoms with van der Waals surface area (Å²) < 4.78 is 6.53. The molecule has 0 radical (unpaired) electrons. The zero-order valence-electron chi connectivity index (χ0n) is 26.3. The molecule has 8 amide bonds. The molecule has 4 N–H and O–H groups in total. The van der Waals surface area contributed by atoms with Gasteiger partial charge in [0.25, 0.3) is 11.8 Å². The fraction of sp³-hybridized carbons (Fsp3) is 0.312. The molecule has 0 spiro atoms. The molecule has 5 heterocycles. The molecule has 2 aromatic carbocycles. The molecule has 256 valence electrons. The molecule has 0 bridgehead atoms. The maximum Gasteiger partial charge on any atom is 0.412 e. The summed E-state index contributed by atoms with van der Waals surface area (Å²) in [5.74, 6) is -3.07. The molecule has 0 saturated carbocycles. The third-order valence-corrected chi connectivity index (χ3v) is 8.92. The van der Waals surface area contributed by atoms with Crippen molar-refractivity contribution in [3.8, 4) is 0 Å². The highest BCUT2D eigenvalue weighted by Gasteiger charge is 2.41. The molecular formula is C32H29N9O9. The predicted octanol–water partition coefficient (Wildman–Crippen LogP) is 0.188. The Balaban J connectivity index is 0.923. The number of fused-ring (bicyclic) bond motifs is 2. The second-order valence-electron chi connectivity index (χ2n) is 12.1. The van der Waals surface area contributed by atoms with Crippen LogP contribution < -0.4 is 21.3 Å². The Kier molecular flexibility index (Phi) is 8.26. The number of piperidine rings is 2. The number of carbonyl (C=O) groups excluding carboxylic acids is 8. The topological polar surface area (TPSA) is 231 Å². The Morgan fingerprint density at radius 3 is 1.86 bits per heavy atom. The Bertz CT molecular complexity index is 2010. The largest absolute Gasteiger partial charge is 0.443 e. The second-order valence-corrected chi connectivity index (χ2v) is 12.1. The van der Waals surface area contributed by atoms with Gasteiger partial charge in [-0.2, -0.15) is 0 Å². The number of imide groups is 2. The molecule has 18 nitrogen and oxygen atoms in total. The van der Waals surface area contributed by atoms with E-state index in [1.54, 1.807) is 36.4 Å². The van der Waals surface area contributed by atoms with Crippen LogP contribution in [0.2, 0.25) is 0 Å². The van der Waals surface area contributed by atoms with Gasteiger partial charge in [0.05, 0.1) is 6.20 Å². The average molecular weight is 684 g/mol. The van der Waals surface area contributed by atoms with Crippen molar-refractivity contribution in [1.82, 2.24) is 35.4 Å². The summed E-state index contributed by atoms with van der Waals surface area (Å²) in [6.07, 6.45) is 1.25. The minimum absolute atomic E-state index is 0.0630. The van der Waals surface area contributed by atoms with E-state index in [0.29, 0.717) is 33.6 Å². The van der Waals surface area contributed by atoms with E-state index < -0.39 is 35.9 Å². The smallest absolute Gasteiger partial charge is 0.412 e. The van der Waals surface area contributed by atoms with E-state index in [-0.39, 0.29) is 81.2 Å². The molecule has 2 unspecified atom stereocenters. The first-order valence-corrected chi connectivity index (χ1v) is 15.7. The van der Waals surface area contributed by atoms with E-state index in [1.807, 2.05) is 0 Å². The van der Waals surface area contributed by atoms with Gasteiger partial charge in [0, 0.05) is 59.6 Å². The van der Waals surface area contributed by atoms with Crippen LogP contribution in [0.15, 0.2) is 42.6 Å². The number of ether oxygens (including phenoxy) is 1. The summed E-state index contributed by atoms with van der Waals surface area (Å²) in [6, 6.07) is 8.06. The molecule has 1 aromatic heterocycles. The number of amides is 8. The molecule has 2 fully saturated rings. The van der Waals surface area contributed by atoms with Crippen molar-refractivity contribution in [3.05, 3.63) is 70.5 Å². The van der Waals surface area contributed by atoms with Crippen LogP contribution in [-0.2, 0) is 55.0 Å². The number of anilines is 2. The lowest BCUT2D eigenvalue weighted by Gasteiger charge is -2.29. The van der Waals surface area contributed by atoms with Crippen molar-refractivity contribution in [1.29, 1.82) is 0 Å². The average Bonchev–Trinajstić information content (AvgIpc) is 3.77. The van der Waals surface area contributed by atoms with Crippen LogP contribution in [0.3, 0.4) is 0 Å². The normalized spacial score (nSPS) is 19.9. The number of nitrogens with one attached hydrogen (secondary N) is 4. The predicted molar refractivity (Wildman–Crippen MR) is 167 cm³/mol. The molecule has 7 rings (SSSR count). The number of hydrogen-bond acceptors (Lipinski definition) is 11. The first-order chi connectivity index (χ1) is 24.0. The van der Waals surface area contributed by atoms with Gasteiger partial charge in [0.2, 0.25) is 29.5 Å². The maximum atomic E-state index is 13.1. The van der Waals surface area contributed by atoms with Gasteiger partial charge in [-0.05, 0) is 37.1 Å². The van der Waals surface area contributed by atoms with Crippen molar-refractivity contribution in [2.45, 2.75) is 64.0 Å². The Morgan fingerprint density at radius 2 is 1.32 bits per heavy atom. The van der Waals surface area contributed by atoms with Crippen LogP contribution in [0.5, 0.6) is 0 Å². The van der Waals surface area contributed by atoms with E-state index in [0.717, 1.165) is 0 Å². The lowest BCUT2D eigenvalue weighted by molar-refractivity contribution is -0.138. The van der Waals surface area contributed by atoms with Crippen molar-refractivity contribution in [2.75, 3.05) is 10.6 Å². The van der Waals surface area contributed by atoms with Gasteiger partial charge in [-0.3, -0.25) is 49.5 Å². The van der Waals surface area contributed by atoms with Gasteiger partial charge < -0.3 is 19.9 Å². The maximum absolute atomic E-state index is 13.1. The van der Waals surface area contributed by atoms with Crippen molar-refractivity contribution >= 4 is 58.8 Å². The molecule has 50 heavy (non-hydrogen) atoms. The number of nitrogens with zero attached hydrogens (tertiary/aromatic N) is 5. The van der Waals surface area contributed by atoms with Crippen LogP contribution in [0.25, 0.3) is 0 Å². The van der Waals surface area contributed by atoms with Crippen LogP contribution >= 0.6 is 0 Å². The first kappa shape index (κ1) is 32.1. The molecule has 2 atom stereocenters. The highest BCUT2D eigenvalue weighted by Crippen LogP contribution is 2.34. The fourth-order valence-electron chi connectivity index (χ4n) is 6.51. The molecule has 2 saturated heterocycles. The fourth-order valence-corrected chi connectivity index (χ4v) is 6.51. The highest BCUT2D eigenvalue weighted by molar-refractivity contribution is 6.08. The zero-order chi connectivity index (χ0) is 35.1. The molecule has 0 aliphatic carbocycles. The summed E-state index contributed by atoms with van der Waals surface area (Å²) in [5.41, 5.74) is 2.70. The van der Waals surface area contributed by atoms with Gasteiger partial charge in [0.15, 0.2) is 0 Å². The SMILES string of the molecule is O=C1CCC(N2Cc3c(NC(=O)Cn4cc(COC(=O)Nc5cccc6c5CN(C5CCC(=O)NC5=O)C6=O)nn4)cccc3C2=O)C(=O)N1. The van der Waals surface area contributed by atoms with Gasteiger partial charge in [0.1, 0.15) is 30.9 Å². The number of hydrogen-bond donors (Lipinski definition) is 4. The van der Waals surface area contributed by atoms with Crippen molar-refractivity contribution < 1.29 is 43.1 Å². The number of aromatic nitrogens is 3. The molecule has 18 heteroatoms. The van der Waals surface area contributed by atoms with Gasteiger partial charge in [-0.15, -0.1) is 5.10 Å². The molecular weight excluding hydrogens is 654 g/mol. The quantitative estimate of drug-likeness (QED) is 0.234. The second kappa shape index (κ2) is 12.9. The van der Waals surface area contributed by atoms with E-state index in [9.17, 15) is 38.4 Å². The minimum atomic E-state index is -0.837. The van der Waals surface area contributed by atoms with E-state index in [1.165, 1.54) is 20.7 Å². The Labute approximate surface area is 282 Å². The lowest BCUT2D eigenvalue weighted by Crippen LogP contribution is -2.52. The summed E-state index contributed by atoms with van der Waals surface area (Å²) in [6.45, 7) is -0.382.